The van der Waals surface area contributed by atoms with Gasteiger partial charge in [-0.05, 0) is 42.9 Å². The van der Waals surface area contributed by atoms with Crippen molar-refractivity contribution in [1.29, 1.82) is 0 Å². The van der Waals surface area contributed by atoms with Crippen molar-refractivity contribution in [1.82, 2.24) is 30.2 Å². The molecule has 0 spiro atoms. The number of ether oxygens (including phenoxy) is 1. The summed E-state index contributed by atoms with van der Waals surface area (Å²) in [6.45, 7) is 3.72. The molecule has 1 saturated carbocycles. The Kier molecular flexibility index (Phi) is 5.43. The third-order valence-corrected chi connectivity index (χ3v) is 7.07. The first-order valence-corrected chi connectivity index (χ1v) is 12.1. The average molecular weight is 486 g/mol. The number of fused-ring (bicyclic) bond motifs is 1. The summed E-state index contributed by atoms with van der Waals surface area (Å²) < 4.78 is 12.9. The predicted molar refractivity (Wildman–Crippen MR) is 132 cm³/mol. The van der Waals surface area contributed by atoms with Crippen LogP contribution in [0, 0.1) is 5.92 Å². The highest BCUT2D eigenvalue weighted by Crippen LogP contribution is 2.50. The molecule has 0 radical (unpaired) electrons. The van der Waals surface area contributed by atoms with E-state index in [2.05, 4.69) is 57.1 Å². The molecule has 1 amide bonds. The molecule has 1 fully saturated rings. The largest absolute Gasteiger partial charge is 0.488 e. The van der Waals surface area contributed by atoms with Gasteiger partial charge >= 0.3 is 0 Å². The SMILES string of the molecule is CNC(=O)Cn1cc(-c2nc(C(C)(c3ccc(-c4cnc5c(c4)OCCN5)cc3)C3CC3)no2)cn1. The minimum absolute atomic E-state index is 0.129. The summed E-state index contributed by atoms with van der Waals surface area (Å²) in [4.78, 5) is 20.9. The first-order valence-electron chi connectivity index (χ1n) is 12.1. The summed E-state index contributed by atoms with van der Waals surface area (Å²) in [6, 6.07) is 10.5. The quantitative estimate of drug-likeness (QED) is 0.409. The molecule has 1 aromatic carbocycles. The molecule has 1 atom stereocenters. The predicted octanol–water partition coefficient (Wildman–Crippen LogP) is 3.26. The Labute approximate surface area is 208 Å². The smallest absolute Gasteiger partial charge is 0.261 e. The molecular weight excluding hydrogens is 458 g/mol. The molecule has 0 saturated heterocycles. The Hall–Kier alpha value is -4.21. The highest BCUT2D eigenvalue weighted by atomic mass is 16.5. The number of likely N-dealkylation sites (N-methyl/N-ethyl adjacent to an activating group) is 1. The number of nitrogens with zero attached hydrogens (tertiary/aromatic N) is 5. The maximum Gasteiger partial charge on any atom is 0.261 e. The van der Waals surface area contributed by atoms with Gasteiger partial charge in [0.2, 0.25) is 5.91 Å². The molecule has 1 aliphatic carbocycles. The van der Waals surface area contributed by atoms with Crippen LogP contribution in [0.2, 0.25) is 0 Å². The molecule has 4 aromatic rings. The second kappa shape index (κ2) is 8.78. The van der Waals surface area contributed by atoms with Crippen LogP contribution in [0.5, 0.6) is 5.75 Å². The van der Waals surface area contributed by atoms with Gasteiger partial charge in [-0.1, -0.05) is 29.4 Å². The highest BCUT2D eigenvalue weighted by Gasteiger charge is 2.47. The van der Waals surface area contributed by atoms with Crippen molar-refractivity contribution in [2.75, 3.05) is 25.5 Å². The van der Waals surface area contributed by atoms with E-state index in [1.807, 2.05) is 12.3 Å². The van der Waals surface area contributed by atoms with E-state index in [0.717, 1.165) is 47.6 Å². The zero-order valence-electron chi connectivity index (χ0n) is 20.2. The summed E-state index contributed by atoms with van der Waals surface area (Å²) in [5.74, 6) is 2.93. The minimum Gasteiger partial charge on any atom is -0.488 e. The lowest BCUT2D eigenvalue weighted by atomic mass is 9.76. The monoisotopic (exact) mass is 485 g/mol. The Balaban J connectivity index is 1.27. The van der Waals surface area contributed by atoms with Crippen LogP contribution < -0.4 is 15.4 Å². The lowest BCUT2D eigenvalue weighted by molar-refractivity contribution is -0.121. The summed E-state index contributed by atoms with van der Waals surface area (Å²) in [7, 11) is 1.60. The van der Waals surface area contributed by atoms with E-state index in [-0.39, 0.29) is 17.9 Å². The Morgan fingerprint density at radius 2 is 2.03 bits per heavy atom. The van der Waals surface area contributed by atoms with Crippen molar-refractivity contribution in [2.24, 2.45) is 5.92 Å². The number of rotatable bonds is 7. The molecule has 4 heterocycles. The van der Waals surface area contributed by atoms with Crippen LogP contribution in [0.3, 0.4) is 0 Å². The fourth-order valence-electron chi connectivity index (χ4n) is 4.73. The van der Waals surface area contributed by atoms with Crippen LogP contribution in [0.1, 0.15) is 31.2 Å². The summed E-state index contributed by atoms with van der Waals surface area (Å²) >= 11 is 0. The summed E-state index contributed by atoms with van der Waals surface area (Å²) in [5, 5.41) is 14.5. The van der Waals surface area contributed by atoms with Gasteiger partial charge in [-0.25, -0.2) is 4.98 Å². The van der Waals surface area contributed by atoms with Crippen molar-refractivity contribution in [3.05, 3.63) is 60.3 Å². The molecule has 2 N–H and O–H groups in total. The molecule has 2 aliphatic rings. The number of nitrogens with one attached hydrogen (secondary N) is 2. The number of hydrogen-bond donors (Lipinski definition) is 2. The number of hydrogen-bond acceptors (Lipinski definition) is 8. The van der Waals surface area contributed by atoms with Crippen LogP contribution >= 0.6 is 0 Å². The Morgan fingerprint density at radius 1 is 1.19 bits per heavy atom. The first kappa shape index (κ1) is 22.3. The van der Waals surface area contributed by atoms with Gasteiger partial charge in [0.15, 0.2) is 17.4 Å². The van der Waals surface area contributed by atoms with E-state index in [9.17, 15) is 4.79 Å². The molecule has 10 heteroatoms. The molecule has 1 aliphatic heterocycles. The third-order valence-electron chi connectivity index (χ3n) is 7.07. The summed E-state index contributed by atoms with van der Waals surface area (Å²) in [6.07, 6.45) is 7.47. The van der Waals surface area contributed by atoms with E-state index < -0.39 is 0 Å². The van der Waals surface area contributed by atoms with E-state index in [0.29, 0.717) is 29.8 Å². The zero-order valence-corrected chi connectivity index (χ0v) is 20.2. The van der Waals surface area contributed by atoms with Crippen molar-refractivity contribution < 1.29 is 14.1 Å². The molecule has 1 unspecified atom stereocenters. The second-order valence-electron chi connectivity index (χ2n) is 9.42. The number of aromatic nitrogens is 5. The Bertz CT molecular complexity index is 1410. The number of amides is 1. The molecular formula is C26H27N7O3. The fourth-order valence-corrected chi connectivity index (χ4v) is 4.73. The highest BCUT2D eigenvalue weighted by molar-refractivity contribution is 5.75. The Morgan fingerprint density at radius 3 is 2.81 bits per heavy atom. The number of anilines is 1. The average Bonchev–Trinajstić information content (AvgIpc) is 3.48. The van der Waals surface area contributed by atoms with E-state index in [1.54, 1.807) is 24.1 Å². The normalized spacial score (nSPS) is 16.4. The van der Waals surface area contributed by atoms with Crippen LogP contribution in [0.4, 0.5) is 5.82 Å². The standard InChI is InChI=1S/C26H27N7O3/c1-26(20-7-8-20,25-31-24(36-32-25)18-13-30-33(14-18)15-22(34)27-2)19-5-3-16(4-6-19)17-11-21-23(29-12-17)28-9-10-35-21/h3-6,11-14,20H,7-10,15H2,1-2H3,(H,27,34)(H,28,29). The minimum atomic E-state index is -0.375. The van der Waals surface area contributed by atoms with Crippen LogP contribution in [0.15, 0.2) is 53.4 Å². The van der Waals surface area contributed by atoms with Crippen LogP contribution in [-0.2, 0) is 16.8 Å². The summed E-state index contributed by atoms with van der Waals surface area (Å²) in [5.41, 5.74) is 3.52. The van der Waals surface area contributed by atoms with Crippen molar-refractivity contribution >= 4 is 11.7 Å². The first-order chi connectivity index (χ1) is 17.5. The third kappa shape index (κ3) is 3.98. The van der Waals surface area contributed by atoms with Gasteiger partial charge in [-0.3, -0.25) is 9.48 Å². The van der Waals surface area contributed by atoms with Gasteiger partial charge in [-0.2, -0.15) is 10.1 Å². The number of carbonyl (C=O) groups is 1. The van der Waals surface area contributed by atoms with Crippen LogP contribution in [0.25, 0.3) is 22.6 Å². The van der Waals surface area contributed by atoms with Gasteiger partial charge in [0.1, 0.15) is 13.2 Å². The molecule has 36 heavy (non-hydrogen) atoms. The second-order valence-corrected chi connectivity index (χ2v) is 9.42. The fraction of sp³-hybridized carbons (Fsp3) is 0.346. The van der Waals surface area contributed by atoms with Gasteiger partial charge < -0.3 is 19.9 Å². The molecule has 184 valence electrons. The zero-order chi connectivity index (χ0) is 24.7. The number of benzene rings is 1. The lowest BCUT2D eigenvalue weighted by Crippen LogP contribution is -2.28. The molecule has 0 bridgehead atoms. The van der Waals surface area contributed by atoms with Gasteiger partial charge in [0.25, 0.3) is 5.89 Å². The number of carbonyl (C=O) groups excluding carboxylic acids is 1. The van der Waals surface area contributed by atoms with Gasteiger partial charge in [0.05, 0.1) is 23.7 Å². The van der Waals surface area contributed by atoms with Gasteiger partial charge in [-0.15, -0.1) is 0 Å². The van der Waals surface area contributed by atoms with Crippen molar-refractivity contribution in [3.8, 4) is 28.3 Å². The van der Waals surface area contributed by atoms with Crippen LogP contribution in [-0.4, -0.2) is 51.0 Å². The van der Waals surface area contributed by atoms with Gasteiger partial charge in [0, 0.05) is 25.0 Å². The van der Waals surface area contributed by atoms with E-state index in [1.165, 1.54) is 0 Å². The molecule has 3 aromatic heterocycles. The van der Waals surface area contributed by atoms with Crippen molar-refractivity contribution in [2.45, 2.75) is 31.7 Å². The molecule has 10 nitrogen and oxygen atoms in total. The maximum atomic E-state index is 11.6. The number of pyridine rings is 1. The van der Waals surface area contributed by atoms with Crippen molar-refractivity contribution in [3.63, 3.8) is 0 Å². The molecule has 6 rings (SSSR count). The van der Waals surface area contributed by atoms with E-state index in [4.69, 9.17) is 14.2 Å². The maximum absolute atomic E-state index is 11.6. The topological polar surface area (TPSA) is 120 Å². The van der Waals surface area contributed by atoms with E-state index >= 15 is 0 Å². The lowest BCUT2D eigenvalue weighted by Gasteiger charge is -2.27.